The average molecular weight is 446 g/mol. The van der Waals surface area contributed by atoms with Crippen LogP contribution in [0.25, 0.3) is 0 Å². The predicted molar refractivity (Wildman–Crippen MR) is 128 cm³/mol. The van der Waals surface area contributed by atoms with E-state index in [-0.39, 0.29) is 17.1 Å². The number of fused-ring (bicyclic) bond motifs is 1. The standard InChI is InChI=1S/C26H27N3O4/c1-16-22-20(29-28-19-8-6-5-7-9-19)14-26(2,3)15-21(22)33-23(16)24(30)27-18-12-10-17(11-13-18)25(31)32-4/h5-13,28H,14-15H2,1-4H3,(H,27,30)/b29-20-. The maximum Gasteiger partial charge on any atom is 0.337 e. The Labute approximate surface area is 192 Å². The van der Waals surface area contributed by atoms with Crippen LogP contribution in [0.15, 0.2) is 64.1 Å². The summed E-state index contributed by atoms with van der Waals surface area (Å²) in [6.45, 7) is 6.21. The number of hydrogen-bond donors (Lipinski definition) is 2. The van der Waals surface area contributed by atoms with E-state index in [1.165, 1.54) is 7.11 Å². The van der Waals surface area contributed by atoms with Gasteiger partial charge in [0, 0.05) is 23.2 Å². The maximum absolute atomic E-state index is 13.0. The Kier molecular flexibility index (Phi) is 6.05. The van der Waals surface area contributed by atoms with Crippen LogP contribution < -0.4 is 10.7 Å². The predicted octanol–water partition coefficient (Wildman–Crippen LogP) is 5.42. The number of methoxy groups -OCH3 is 1. The molecule has 33 heavy (non-hydrogen) atoms. The number of carbonyl (C=O) groups is 2. The van der Waals surface area contributed by atoms with Gasteiger partial charge in [0.1, 0.15) is 5.76 Å². The van der Waals surface area contributed by atoms with Crippen LogP contribution in [0.5, 0.6) is 0 Å². The fourth-order valence-corrected chi connectivity index (χ4v) is 4.07. The maximum atomic E-state index is 13.0. The smallest absolute Gasteiger partial charge is 0.337 e. The van der Waals surface area contributed by atoms with Gasteiger partial charge in [-0.25, -0.2) is 4.79 Å². The molecule has 170 valence electrons. The molecule has 2 aromatic carbocycles. The number of hydrogen-bond acceptors (Lipinski definition) is 6. The highest BCUT2D eigenvalue weighted by molar-refractivity contribution is 6.09. The quantitative estimate of drug-likeness (QED) is 0.404. The Morgan fingerprint density at radius 3 is 2.36 bits per heavy atom. The number of amides is 1. The van der Waals surface area contributed by atoms with E-state index in [2.05, 4.69) is 29.7 Å². The number of hydrazone groups is 1. The van der Waals surface area contributed by atoms with Crippen LogP contribution in [0.4, 0.5) is 11.4 Å². The van der Waals surface area contributed by atoms with Gasteiger partial charge in [-0.15, -0.1) is 0 Å². The van der Waals surface area contributed by atoms with E-state index < -0.39 is 5.97 Å². The highest BCUT2D eigenvalue weighted by atomic mass is 16.5. The molecule has 1 aliphatic carbocycles. The number of esters is 1. The van der Waals surface area contributed by atoms with Crippen molar-refractivity contribution < 1.29 is 18.7 Å². The molecular formula is C26H27N3O4. The summed E-state index contributed by atoms with van der Waals surface area (Å²) < 4.78 is 10.8. The number of carbonyl (C=O) groups excluding carboxylic acids is 2. The molecule has 1 amide bonds. The molecule has 7 nitrogen and oxygen atoms in total. The largest absolute Gasteiger partial charge is 0.465 e. The summed E-state index contributed by atoms with van der Waals surface area (Å²) in [5, 5.41) is 7.52. The van der Waals surface area contributed by atoms with Crippen molar-refractivity contribution in [3.8, 4) is 0 Å². The number of rotatable bonds is 5. The summed E-state index contributed by atoms with van der Waals surface area (Å²) >= 11 is 0. The van der Waals surface area contributed by atoms with Crippen molar-refractivity contribution in [2.45, 2.75) is 33.6 Å². The molecule has 0 spiro atoms. The molecule has 3 aromatic rings. The molecule has 0 aliphatic heterocycles. The second-order valence-corrected chi connectivity index (χ2v) is 8.93. The second-order valence-electron chi connectivity index (χ2n) is 8.93. The van der Waals surface area contributed by atoms with Crippen molar-refractivity contribution in [1.29, 1.82) is 0 Å². The third-order valence-corrected chi connectivity index (χ3v) is 5.66. The molecule has 1 aromatic heterocycles. The minimum Gasteiger partial charge on any atom is -0.465 e. The van der Waals surface area contributed by atoms with E-state index >= 15 is 0 Å². The van der Waals surface area contributed by atoms with E-state index in [0.717, 1.165) is 34.7 Å². The number of nitrogens with zero attached hydrogens (tertiary/aromatic N) is 1. The molecule has 0 saturated heterocycles. The van der Waals surface area contributed by atoms with Crippen molar-refractivity contribution in [2.24, 2.45) is 10.5 Å². The van der Waals surface area contributed by atoms with Crippen LogP contribution >= 0.6 is 0 Å². The third kappa shape index (κ3) is 4.82. The summed E-state index contributed by atoms with van der Waals surface area (Å²) in [6, 6.07) is 16.3. The fraction of sp³-hybridized carbons (Fsp3) is 0.269. The van der Waals surface area contributed by atoms with Crippen LogP contribution in [0.3, 0.4) is 0 Å². The molecule has 7 heteroatoms. The van der Waals surface area contributed by atoms with Gasteiger partial charge in [0.2, 0.25) is 0 Å². The minimum atomic E-state index is -0.430. The number of para-hydroxylation sites is 1. The first-order valence-corrected chi connectivity index (χ1v) is 10.8. The molecule has 0 fully saturated rings. The van der Waals surface area contributed by atoms with Crippen LogP contribution in [-0.4, -0.2) is 24.7 Å². The first kappa shape index (κ1) is 22.3. The first-order chi connectivity index (χ1) is 15.8. The van der Waals surface area contributed by atoms with E-state index in [0.29, 0.717) is 17.7 Å². The Balaban J connectivity index is 1.60. The molecule has 2 N–H and O–H groups in total. The monoisotopic (exact) mass is 445 g/mol. The highest BCUT2D eigenvalue weighted by Crippen LogP contribution is 2.39. The zero-order valence-corrected chi connectivity index (χ0v) is 19.2. The molecule has 0 unspecified atom stereocenters. The van der Waals surface area contributed by atoms with Crippen LogP contribution in [-0.2, 0) is 11.2 Å². The summed E-state index contributed by atoms with van der Waals surface area (Å²) in [7, 11) is 1.33. The van der Waals surface area contributed by atoms with E-state index in [1.807, 2.05) is 37.3 Å². The van der Waals surface area contributed by atoms with Crippen LogP contribution in [0.2, 0.25) is 0 Å². The summed E-state index contributed by atoms with van der Waals surface area (Å²) in [6.07, 6.45) is 1.48. The molecule has 0 atom stereocenters. The number of anilines is 2. The number of ether oxygens (including phenoxy) is 1. The highest BCUT2D eigenvalue weighted by Gasteiger charge is 2.36. The lowest BCUT2D eigenvalue weighted by Gasteiger charge is -2.29. The van der Waals surface area contributed by atoms with Crippen LogP contribution in [0, 0.1) is 12.3 Å². The first-order valence-electron chi connectivity index (χ1n) is 10.8. The van der Waals surface area contributed by atoms with Gasteiger partial charge in [-0.1, -0.05) is 32.0 Å². The van der Waals surface area contributed by atoms with E-state index in [4.69, 9.17) is 9.15 Å². The number of nitrogens with one attached hydrogen (secondary N) is 2. The lowest BCUT2D eigenvalue weighted by molar-refractivity contribution is 0.0600. The molecule has 1 aliphatic rings. The topological polar surface area (TPSA) is 92.9 Å². The Hall–Kier alpha value is -3.87. The molecule has 0 radical (unpaired) electrons. The molecule has 0 bridgehead atoms. The summed E-state index contributed by atoms with van der Waals surface area (Å²) in [5.74, 6) is 0.257. The SMILES string of the molecule is COC(=O)c1ccc(NC(=O)c2oc3c(c2C)/C(=N\Nc2ccccc2)CC(C)(C)C3)cc1. The van der Waals surface area contributed by atoms with Gasteiger partial charge in [0.25, 0.3) is 5.91 Å². The molecular weight excluding hydrogens is 418 g/mol. The number of benzene rings is 2. The van der Waals surface area contributed by atoms with E-state index in [1.54, 1.807) is 24.3 Å². The van der Waals surface area contributed by atoms with Crippen molar-refractivity contribution in [3.05, 3.63) is 82.8 Å². The van der Waals surface area contributed by atoms with E-state index in [9.17, 15) is 9.59 Å². The summed E-state index contributed by atoms with van der Waals surface area (Å²) in [5.41, 5.74) is 7.46. The van der Waals surface area contributed by atoms with Gasteiger partial charge < -0.3 is 14.5 Å². The van der Waals surface area contributed by atoms with Crippen LogP contribution in [0.1, 0.15) is 58.1 Å². The molecule has 4 rings (SSSR count). The second kappa shape index (κ2) is 8.94. The van der Waals surface area contributed by atoms with Gasteiger partial charge >= 0.3 is 5.97 Å². The molecule has 0 saturated carbocycles. The Morgan fingerprint density at radius 2 is 1.70 bits per heavy atom. The van der Waals surface area contributed by atoms with Gasteiger partial charge in [0.05, 0.1) is 24.1 Å². The normalized spacial score (nSPS) is 15.6. The number of furan rings is 1. The lowest BCUT2D eigenvalue weighted by atomic mass is 9.75. The van der Waals surface area contributed by atoms with Crippen molar-refractivity contribution in [2.75, 3.05) is 17.9 Å². The van der Waals surface area contributed by atoms with Gasteiger partial charge in [-0.2, -0.15) is 5.10 Å². The lowest BCUT2D eigenvalue weighted by Crippen LogP contribution is -2.27. The zero-order valence-electron chi connectivity index (χ0n) is 19.2. The average Bonchev–Trinajstić information content (AvgIpc) is 3.13. The van der Waals surface area contributed by atoms with Crippen molar-refractivity contribution in [1.82, 2.24) is 0 Å². The van der Waals surface area contributed by atoms with Gasteiger partial charge in [0.15, 0.2) is 5.76 Å². The van der Waals surface area contributed by atoms with Gasteiger partial charge in [-0.05, 0) is 55.2 Å². The Morgan fingerprint density at radius 1 is 1.00 bits per heavy atom. The fourth-order valence-electron chi connectivity index (χ4n) is 4.07. The van der Waals surface area contributed by atoms with Crippen molar-refractivity contribution in [3.63, 3.8) is 0 Å². The van der Waals surface area contributed by atoms with Crippen molar-refractivity contribution >= 4 is 29.0 Å². The Bertz CT molecular complexity index is 1210. The zero-order chi connectivity index (χ0) is 23.6. The molecule has 1 heterocycles. The minimum absolute atomic E-state index is 0.0496. The van der Waals surface area contributed by atoms with Gasteiger partial charge in [-0.3, -0.25) is 10.2 Å². The summed E-state index contributed by atoms with van der Waals surface area (Å²) in [4.78, 5) is 24.6. The third-order valence-electron chi connectivity index (χ3n) is 5.66.